The van der Waals surface area contributed by atoms with E-state index >= 15 is 0 Å². The Morgan fingerprint density at radius 3 is 2.25 bits per heavy atom. The quantitative estimate of drug-likeness (QED) is 0.842. The molecule has 0 radical (unpaired) electrons. The van der Waals surface area contributed by atoms with Gasteiger partial charge in [0.1, 0.15) is 11.0 Å². The van der Waals surface area contributed by atoms with E-state index in [0.29, 0.717) is 10.7 Å². The van der Waals surface area contributed by atoms with Gasteiger partial charge in [-0.05, 0) is 18.1 Å². The lowest BCUT2D eigenvalue weighted by Gasteiger charge is -2.21. The molecule has 2 aromatic rings. The van der Waals surface area contributed by atoms with Gasteiger partial charge >= 0.3 is 0 Å². The first-order chi connectivity index (χ1) is 11.4. The molecule has 0 aliphatic heterocycles. The minimum atomic E-state index is -0.649. The smallest absolute Gasteiger partial charge is 0.251 e. The molecule has 0 spiro atoms. The van der Waals surface area contributed by atoms with Crippen molar-refractivity contribution in [1.82, 2.24) is 15.5 Å². The molecule has 0 saturated carbocycles. The molecule has 0 saturated heterocycles. The second-order valence-electron chi connectivity index (χ2n) is 6.15. The van der Waals surface area contributed by atoms with Crippen molar-refractivity contribution < 1.29 is 9.59 Å². The van der Waals surface area contributed by atoms with Gasteiger partial charge in [-0.25, -0.2) is 0 Å². The lowest BCUT2D eigenvalue weighted by Crippen LogP contribution is -2.47. The van der Waals surface area contributed by atoms with E-state index in [-0.39, 0.29) is 23.7 Å². The second-order valence-corrected chi connectivity index (χ2v) is 7.16. The van der Waals surface area contributed by atoms with Crippen LogP contribution in [0.2, 0.25) is 0 Å². The molecule has 7 heteroatoms. The van der Waals surface area contributed by atoms with Crippen molar-refractivity contribution in [2.45, 2.75) is 39.7 Å². The highest BCUT2D eigenvalue weighted by atomic mass is 32.1. The van der Waals surface area contributed by atoms with Gasteiger partial charge in [0, 0.05) is 11.5 Å². The van der Waals surface area contributed by atoms with Gasteiger partial charge in [0.2, 0.25) is 11.0 Å². The Labute approximate surface area is 145 Å². The van der Waals surface area contributed by atoms with E-state index in [1.54, 1.807) is 24.3 Å². The van der Waals surface area contributed by atoms with Crippen LogP contribution in [0.1, 0.15) is 49.0 Å². The zero-order valence-electron chi connectivity index (χ0n) is 14.2. The Kier molecular flexibility index (Phi) is 6.03. The molecule has 0 fully saturated rings. The topological polar surface area (TPSA) is 84.0 Å². The van der Waals surface area contributed by atoms with Crippen LogP contribution in [0.3, 0.4) is 0 Å². The molecule has 1 aromatic heterocycles. The molecule has 0 aliphatic carbocycles. The van der Waals surface area contributed by atoms with Gasteiger partial charge in [0.15, 0.2) is 0 Å². The SMILES string of the molecule is CC(C)c1nnc(NC(=O)[C@@H](NC(=O)c2ccccc2)C(C)C)s1. The van der Waals surface area contributed by atoms with Gasteiger partial charge in [0.25, 0.3) is 5.91 Å². The Bertz CT molecular complexity index is 698. The zero-order valence-corrected chi connectivity index (χ0v) is 15.1. The predicted octanol–water partition coefficient (Wildman–Crippen LogP) is 3.05. The maximum atomic E-state index is 12.5. The Balaban J connectivity index is 2.06. The molecular weight excluding hydrogens is 324 g/mol. The number of rotatable bonds is 6. The summed E-state index contributed by atoms with van der Waals surface area (Å²) in [5, 5.41) is 14.9. The van der Waals surface area contributed by atoms with E-state index in [1.165, 1.54) is 11.3 Å². The van der Waals surface area contributed by atoms with E-state index in [4.69, 9.17) is 0 Å². The minimum absolute atomic E-state index is 0.0600. The molecule has 0 bridgehead atoms. The van der Waals surface area contributed by atoms with E-state index in [0.717, 1.165) is 5.01 Å². The number of nitrogens with zero attached hydrogens (tertiary/aromatic N) is 2. The monoisotopic (exact) mass is 346 g/mol. The molecule has 128 valence electrons. The third-order valence-electron chi connectivity index (χ3n) is 3.44. The number of benzene rings is 1. The number of aromatic nitrogens is 2. The number of nitrogens with one attached hydrogen (secondary N) is 2. The third-order valence-corrected chi connectivity index (χ3v) is 4.58. The van der Waals surface area contributed by atoms with Crippen molar-refractivity contribution in [3.8, 4) is 0 Å². The summed E-state index contributed by atoms with van der Waals surface area (Å²) in [5.74, 6) is -0.368. The van der Waals surface area contributed by atoms with Gasteiger partial charge < -0.3 is 5.32 Å². The van der Waals surface area contributed by atoms with Crippen LogP contribution >= 0.6 is 11.3 Å². The standard InChI is InChI=1S/C17H22N4O2S/c1-10(2)13(18-14(22)12-8-6-5-7-9-12)15(23)19-17-21-20-16(24-17)11(3)4/h5-11,13H,1-4H3,(H,18,22)(H,19,21,23)/t13-/m0/s1. The summed E-state index contributed by atoms with van der Waals surface area (Å²) in [6, 6.07) is 8.19. The number of hydrogen-bond donors (Lipinski definition) is 2. The van der Waals surface area contributed by atoms with Crippen LogP contribution in [0.15, 0.2) is 30.3 Å². The van der Waals surface area contributed by atoms with E-state index in [1.807, 2.05) is 33.8 Å². The molecule has 0 unspecified atom stereocenters. The predicted molar refractivity (Wildman–Crippen MR) is 95.2 cm³/mol. The van der Waals surface area contributed by atoms with Crippen molar-refractivity contribution in [2.24, 2.45) is 5.92 Å². The number of hydrogen-bond acceptors (Lipinski definition) is 5. The second kappa shape index (κ2) is 8.01. The van der Waals surface area contributed by atoms with Crippen molar-refractivity contribution >= 4 is 28.3 Å². The van der Waals surface area contributed by atoms with E-state index in [2.05, 4.69) is 20.8 Å². The zero-order chi connectivity index (χ0) is 17.7. The molecule has 2 amide bonds. The fourth-order valence-corrected chi connectivity index (χ4v) is 2.80. The minimum Gasteiger partial charge on any atom is -0.340 e. The van der Waals surface area contributed by atoms with Crippen LogP contribution in [0, 0.1) is 5.92 Å². The normalized spacial score (nSPS) is 12.2. The summed E-state index contributed by atoms with van der Waals surface area (Å²) in [4.78, 5) is 24.8. The number of carbonyl (C=O) groups is 2. The third kappa shape index (κ3) is 4.61. The first-order valence-electron chi connectivity index (χ1n) is 7.88. The van der Waals surface area contributed by atoms with Crippen molar-refractivity contribution in [3.05, 3.63) is 40.9 Å². The van der Waals surface area contributed by atoms with E-state index in [9.17, 15) is 9.59 Å². The summed E-state index contributed by atoms with van der Waals surface area (Å²) in [7, 11) is 0. The van der Waals surface area contributed by atoms with Gasteiger partial charge in [-0.15, -0.1) is 10.2 Å². The van der Waals surface area contributed by atoms with Crippen LogP contribution in [0.5, 0.6) is 0 Å². The molecular formula is C17H22N4O2S. The van der Waals surface area contributed by atoms with Gasteiger partial charge in [0.05, 0.1) is 0 Å². The average molecular weight is 346 g/mol. The van der Waals surface area contributed by atoms with Crippen molar-refractivity contribution in [3.63, 3.8) is 0 Å². The lowest BCUT2D eigenvalue weighted by atomic mass is 10.0. The first-order valence-corrected chi connectivity index (χ1v) is 8.70. The van der Waals surface area contributed by atoms with Crippen LogP contribution in [-0.2, 0) is 4.79 Å². The summed E-state index contributed by atoms with van der Waals surface area (Å²) in [6.07, 6.45) is 0. The molecule has 0 aliphatic rings. The first kappa shape index (κ1) is 18.1. The summed E-state index contributed by atoms with van der Waals surface area (Å²) in [5.41, 5.74) is 0.522. The molecule has 2 rings (SSSR count). The number of anilines is 1. The molecule has 24 heavy (non-hydrogen) atoms. The average Bonchev–Trinajstić information content (AvgIpc) is 3.01. The summed E-state index contributed by atoms with van der Waals surface area (Å²) in [6.45, 7) is 7.80. The number of carbonyl (C=O) groups excluding carboxylic acids is 2. The molecule has 6 nitrogen and oxygen atoms in total. The van der Waals surface area contributed by atoms with Crippen molar-refractivity contribution in [2.75, 3.05) is 5.32 Å². The maximum absolute atomic E-state index is 12.5. The number of amides is 2. The van der Waals surface area contributed by atoms with Crippen LogP contribution in [0.25, 0.3) is 0 Å². The lowest BCUT2D eigenvalue weighted by molar-refractivity contribution is -0.118. The fraction of sp³-hybridized carbons (Fsp3) is 0.412. The highest BCUT2D eigenvalue weighted by Gasteiger charge is 2.25. The van der Waals surface area contributed by atoms with Crippen LogP contribution < -0.4 is 10.6 Å². The van der Waals surface area contributed by atoms with Crippen LogP contribution in [-0.4, -0.2) is 28.1 Å². The van der Waals surface area contributed by atoms with E-state index < -0.39 is 6.04 Å². The fourth-order valence-electron chi connectivity index (χ4n) is 2.05. The molecule has 2 N–H and O–H groups in total. The van der Waals surface area contributed by atoms with Gasteiger partial charge in [-0.3, -0.25) is 14.9 Å². The maximum Gasteiger partial charge on any atom is 0.251 e. The van der Waals surface area contributed by atoms with Gasteiger partial charge in [-0.2, -0.15) is 0 Å². The molecule has 1 atom stereocenters. The van der Waals surface area contributed by atoms with Gasteiger partial charge in [-0.1, -0.05) is 57.2 Å². The highest BCUT2D eigenvalue weighted by Crippen LogP contribution is 2.22. The Morgan fingerprint density at radius 2 is 1.71 bits per heavy atom. The van der Waals surface area contributed by atoms with Crippen molar-refractivity contribution in [1.29, 1.82) is 0 Å². The highest BCUT2D eigenvalue weighted by molar-refractivity contribution is 7.15. The largest absolute Gasteiger partial charge is 0.340 e. The Hall–Kier alpha value is -2.28. The summed E-state index contributed by atoms with van der Waals surface area (Å²) >= 11 is 1.35. The summed E-state index contributed by atoms with van der Waals surface area (Å²) < 4.78 is 0. The van der Waals surface area contributed by atoms with Crippen LogP contribution in [0.4, 0.5) is 5.13 Å². The Morgan fingerprint density at radius 1 is 1.04 bits per heavy atom. The molecule has 1 aromatic carbocycles. The molecule has 1 heterocycles.